The second kappa shape index (κ2) is 6.64. The van der Waals surface area contributed by atoms with Crippen molar-refractivity contribution in [2.24, 2.45) is 0 Å². The smallest absolute Gasteiger partial charge is 0.231 e. The number of aryl methyl sites for hydroxylation is 2. The molecule has 4 rings (SSSR count). The molecule has 2 aliphatic rings. The molecule has 25 heavy (non-hydrogen) atoms. The molecule has 0 aliphatic carbocycles. The summed E-state index contributed by atoms with van der Waals surface area (Å²) in [5, 5.41) is 3.33. The maximum absolute atomic E-state index is 13.3. The van der Waals surface area contributed by atoms with E-state index in [1.807, 2.05) is 25.1 Å². The fraction of sp³-hybridized carbons (Fsp3) is 0.500. The summed E-state index contributed by atoms with van der Waals surface area (Å²) in [4.78, 5) is 17.9. The Kier molecular flexibility index (Phi) is 4.34. The number of fused-ring (bicyclic) bond motifs is 1. The zero-order valence-corrected chi connectivity index (χ0v) is 14.7. The number of carbonyl (C=O) groups excluding carboxylic acids is 1. The van der Waals surface area contributed by atoms with E-state index in [4.69, 9.17) is 4.74 Å². The standard InChI is InChI=1S/C20H25N3O2/c1-15-13-23-14-17(7-8-18(23)21-15)22-19(24)20(9-11-25-12-10-20)16-5-3-2-4-6-16/h2-6,13,17H,7-12,14H2,1H3,(H,22,24)/t17-/m0/s1. The Morgan fingerprint density at radius 1 is 1.28 bits per heavy atom. The molecule has 0 unspecified atom stereocenters. The SMILES string of the molecule is Cc1cn2c(n1)CC[C@H](NC(=O)C1(c3ccccc3)CCOCC1)C2. The van der Waals surface area contributed by atoms with E-state index in [2.05, 4.69) is 33.2 Å². The molecule has 2 aromatic rings. The van der Waals surface area contributed by atoms with Crippen LogP contribution in [0.2, 0.25) is 0 Å². The lowest BCUT2D eigenvalue weighted by Crippen LogP contribution is -2.52. The number of imidazole rings is 1. The molecular formula is C20H25N3O2. The molecule has 1 fully saturated rings. The van der Waals surface area contributed by atoms with Crippen LogP contribution in [0.4, 0.5) is 0 Å². The van der Waals surface area contributed by atoms with Gasteiger partial charge in [-0.25, -0.2) is 4.98 Å². The molecule has 1 atom stereocenters. The van der Waals surface area contributed by atoms with Crippen LogP contribution in [0.25, 0.3) is 0 Å². The Labute approximate surface area is 148 Å². The van der Waals surface area contributed by atoms with E-state index >= 15 is 0 Å². The van der Waals surface area contributed by atoms with Crippen LogP contribution >= 0.6 is 0 Å². The number of hydrogen-bond acceptors (Lipinski definition) is 3. The van der Waals surface area contributed by atoms with E-state index in [0.29, 0.717) is 13.2 Å². The van der Waals surface area contributed by atoms with Crippen molar-refractivity contribution in [3.05, 3.63) is 53.6 Å². The zero-order chi connectivity index (χ0) is 17.3. The molecule has 5 heteroatoms. The highest BCUT2D eigenvalue weighted by Gasteiger charge is 2.42. The highest BCUT2D eigenvalue weighted by Crippen LogP contribution is 2.35. The van der Waals surface area contributed by atoms with E-state index in [0.717, 1.165) is 49.3 Å². The van der Waals surface area contributed by atoms with Gasteiger partial charge in [0.1, 0.15) is 5.82 Å². The van der Waals surface area contributed by atoms with Crippen LogP contribution in [-0.4, -0.2) is 34.7 Å². The van der Waals surface area contributed by atoms with Crippen molar-refractivity contribution >= 4 is 5.91 Å². The largest absolute Gasteiger partial charge is 0.381 e. The summed E-state index contributed by atoms with van der Waals surface area (Å²) in [6, 6.07) is 10.3. The van der Waals surface area contributed by atoms with Gasteiger partial charge in [-0.1, -0.05) is 30.3 Å². The van der Waals surface area contributed by atoms with Gasteiger partial charge in [-0.3, -0.25) is 4.79 Å². The Morgan fingerprint density at radius 2 is 2.04 bits per heavy atom. The number of aromatic nitrogens is 2. The lowest BCUT2D eigenvalue weighted by atomic mass is 9.73. The first kappa shape index (κ1) is 16.3. The summed E-state index contributed by atoms with van der Waals surface area (Å²) in [5.41, 5.74) is 1.68. The molecule has 1 N–H and O–H groups in total. The molecular weight excluding hydrogens is 314 g/mol. The molecule has 0 radical (unpaired) electrons. The van der Waals surface area contributed by atoms with Crippen LogP contribution in [-0.2, 0) is 27.9 Å². The predicted octanol–water partition coefficient (Wildman–Crippen LogP) is 2.37. The number of amides is 1. The maximum atomic E-state index is 13.3. The van der Waals surface area contributed by atoms with Gasteiger partial charge in [-0.05, 0) is 31.7 Å². The third-order valence-corrected chi connectivity index (χ3v) is 5.56. The van der Waals surface area contributed by atoms with Crippen molar-refractivity contribution in [2.45, 2.75) is 50.6 Å². The van der Waals surface area contributed by atoms with Gasteiger partial charge in [0.15, 0.2) is 0 Å². The van der Waals surface area contributed by atoms with E-state index in [9.17, 15) is 4.79 Å². The Hall–Kier alpha value is -2.14. The fourth-order valence-corrected chi connectivity index (χ4v) is 4.15. The second-order valence-electron chi connectivity index (χ2n) is 7.22. The van der Waals surface area contributed by atoms with Crippen LogP contribution in [0, 0.1) is 6.92 Å². The summed E-state index contributed by atoms with van der Waals surface area (Å²) in [5.74, 6) is 1.28. The first-order valence-corrected chi connectivity index (χ1v) is 9.14. The van der Waals surface area contributed by atoms with Crippen molar-refractivity contribution in [1.82, 2.24) is 14.9 Å². The van der Waals surface area contributed by atoms with Crippen LogP contribution < -0.4 is 5.32 Å². The van der Waals surface area contributed by atoms with Gasteiger partial charge in [0.2, 0.25) is 5.91 Å². The first-order chi connectivity index (χ1) is 12.2. The monoisotopic (exact) mass is 339 g/mol. The zero-order valence-electron chi connectivity index (χ0n) is 14.7. The third kappa shape index (κ3) is 3.09. The molecule has 1 aromatic heterocycles. The normalized spacial score (nSPS) is 22.2. The lowest BCUT2D eigenvalue weighted by molar-refractivity contribution is -0.131. The summed E-state index contributed by atoms with van der Waals surface area (Å²) in [7, 11) is 0. The molecule has 5 nitrogen and oxygen atoms in total. The first-order valence-electron chi connectivity index (χ1n) is 9.14. The summed E-state index contributed by atoms with van der Waals surface area (Å²) < 4.78 is 7.73. The molecule has 0 spiro atoms. The van der Waals surface area contributed by atoms with Crippen LogP contribution in [0.1, 0.15) is 36.3 Å². The lowest BCUT2D eigenvalue weighted by Gasteiger charge is -2.38. The van der Waals surface area contributed by atoms with Gasteiger partial charge in [0, 0.05) is 38.4 Å². The molecule has 2 aliphatic heterocycles. The Bertz CT molecular complexity index is 748. The van der Waals surface area contributed by atoms with Gasteiger partial charge in [0.05, 0.1) is 11.1 Å². The highest BCUT2D eigenvalue weighted by atomic mass is 16.5. The fourth-order valence-electron chi connectivity index (χ4n) is 4.15. The summed E-state index contributed by atoms with van der Waals surface area (Å²) in [6.45, 7) is 4.10. The molecule has 0 saturated carbocycles. The highest BCUT2D eigenvalue weighted by molar-refractivity contribution is 5.88. The molecule has 1 amide bonds. The Balaban J connectivity index is 1.54. The van der Waals surface area contributed by atoms with Crippen molar-refractivity contribution in [1.29, 1.82) is 0 Å². The number of benzene rings is 1. The molecule has 3 heterocycles. The van der Waals surface area contributed by atoms with Gasteiger partial charge >= 0.3 is 0 Å². The van der Waals surface area contributed by atoms with Crippen molar-refractivity contribution in [2.75, 3.05) is 13.2 Å². The maximum Gasteiger partial charge on any atom is 0.231 e. The van der Waals surface area contributed by atoms with Crippen LogP contribution in [0.5, 0.6) is 0 Å². The molecule has 1 saturated heterocycles. The minimum absolute atomic E-state index is 0.146. The number of hydrogen-bond donors (Lipinski definition) is 1. The van der Waals surface area contributed by atoms with E-state index in [-0.39, 0.29) is 11.9 Å². The van der Waals surface area contributed by atoms with Gasteiger partial charge in [-0.15, -0.1) is 0 Å². The van der Waals surface area contributed by atoms with E-state index in [1.165, 1.54) is 0 Å². The minimum atomic E-state index is -0.468. The van der Waals surface area contributed by atoms with Gasteiger partial charge in [-0.2, -0.15) is 0 Å². The van der Waals surface area contributed by atoms with E-state index < -0.39 is 5.41 Å². The number of rotatable bonds is 3. The van der Waals surface area contributed by atoms with Crippen LogP contribution in [0.15, 0.2) is 36.5 Å². The minimum Gasteiger partial charge on any atom is -0.381 e. The second-order valence-corrected chi connectivity index (χ2v) is 7.22. The average Bonchev–Trinajstić information content (AvgIpc) is 3.02. The molecule has 132 valence electrons. The van der Waals surface area contributed by atoms with Gasteiger partial charge in [0.25, 0.3) is 0 Å². The molecule has 0 bridgehead atoms. The third-order valence-electron chi connectivity index (χ3n) is 5.56. The summed E-state index contributed by atoms with van der Waals surface area (Å²) in [6.07, 6.45) is 5.43. The predicted molar refractivity (Wildman–Crippen MR) is 95.4 cm³/mol. The summed E-state index contributed by atoms with van der Waals surface area (Å²) >= 11 is 0. The van der Waals surface area contributed by atoms with Gasteiger partial charge < -0.3 is 14.6 Å². The topological polar surface area (TPSA) is 56.2 Å². The number of carbonyl (C=O) groups is 1. The average molecular weight is 339 g/mol. The van der Waals surface area contributed by atoms with Crippen molar-refractivity contribution < 1.29 is 9.53 Å². The molecule has 1 aromatic carbocycles. The quantitative estimate of drug-likeness (QED) is 0.934. The van der Waals surface area contributed by atoms with Crippen molar-refractivity contribution in [3.63, 3.8) is 0 Å². The van der Waals surface area contributed by atoms with Crippen LogP contribution in [0.3, 0.4) is 0 Å². The van der Waals surface area contributed by atoms with Crippen molar-refractivity contribution in [3.8, 4) is 0 Å². The number of nitrogens with zero attached hydrogens (tertiary/aromatic N) is 2. The number of ether oxygens (including phenoxy) is 1. The van der Waals surface area contributed by atoms with E-state index in [1.54, 1.807) is 0 Å². The Morgan fingerprint density at radius 3 is 2.80 bits per heavy atom. The number of nitrogens with one attached hydrogen (secondary N) is 1.